The summed E-state index contributed by atoms with van der Waals surface area (Å²) < 4.78 is 0. The third-order valence-corrected chi connectivity index (χ3v) is 9.41. The highest BCUT2D eigenvalue weighted by Gasteiger charge is 2.55. The Morgan fingerprint density at radius 3 is 2.53 bits per heavy atom. The van der Waals surface area contributed by atoms with Gasteiger partial charge >= 0.3 is 0 Å². The summed E-state index contributed by atoms with van der Waals surface area (Å²) in [6, 6.07) is 6.08. The van der Waals surface area contributed by atoms with Crippen molar-refractivity contribution in [2.24, 2.45) is 28.9 Å². The van der Waals surface area contributed by atoms with Crippen LogP contribution in [0.5, 0.6) is 0 Å². The lowest BCUT2D eigenvalue weighted by Crippen LogP contribution is -2.61. The largest absolute Gasteiger partial charge is 0.390 e. The van der Waals surface area contributed by atoms with E-state index in [9.17, 15) is 14.7 Å². The maximum absolute atomic E-state index is 13.2. The smallest absolute Gasteiger partial charge is 0.270 e. The van der Waals surface area contributed by atoms with Gasteiger partial charge in [0.1, 0.15) is 11.5 Å². The number of carbonyl (C=O) groups excluding carboxylic acids is 2. The van der Waals surface area contributed by atoms with Crippen molar-refractivity contribution in [3.05, 3.63) is 23.9 Å². The monoisotopic (exact) mass is 467 g/mol. The van der Waals surface area contributed by atoms with Crippen LogP contribution < -0.4 is 16.0 Å². The van der Waals surface area contributed by atoms with E-state index in [0.29, 0.717) is 23.4 Å². The Morgan fingerprint density at radius 2 is 1.91 bits per heavy atom. The van der Waals surface area contributed by atoms with E-state index in [2.05, 4.69) is 22.0 Å². The molecule has 2 heterocycles. The third-order valence-electron chi connectivity index (χ3n) is 9.41. The molecule has 2 amide bonds. The van der Waals surface area contributed by atoms with Crippen LogP contribution in [0.15, 0.2) is 18.2 Å². The summed E-state index contributed by atoms with van der Waals surface area (Å²) in [6.45, 7) is 5.43. The molecule has 0 aromatic carbocycles. The van der Waals surface area contributed by atoms with E-state index in [1.54, 1.807) is 6.07 Å². The number of nitrogens with zero attached hydrogens (tertiary/aromatic N) is 3. The van der Waals surface area contributed by atoms with Crippen molar-refractivity contribution in [1.29, 1.82) is 0 Å². The highest BCUT2D eigenvalue weighted by atomic mass is 16.3. The van der Waals surface area contributed by atoms with E-state index in [0.717, 1.165) is 76.9 Å². The fourth-order valence-electron chi connectivity index (χ4n) is 7.73. The van der Waals surface area contributed by atoms with Crippen LogP contribution in [0.3, 0.4) is 0 Å². The van der Waals surface area contributed by atoms with Gasteiger partial charge in [0, 0.05) is 38.3 Å². The molecule has 4 N–H and O–H groups in total. The Kier molecular flexibility index (Phi) is 5.19. The summed E-state index contributed by atoms with van der Waals surface area (Å²) >= 11 is 0. The van der Waals surface area contributed by atoms with Crippen molar-refractivity contribution in [1.82, 2.24) is 15.2 Å². The molecule has 0 radical (unpaired) electrons. The Labute approximate surface area is 201 Å². The van der Waals surface area contributed by atoms with E-state index in [4.69, 9.17) is 10.7 Å². The van der Waals surface area contributed by atoms with Gasteiger partial charge in [0.15, 0.2) is 0 Å². The summed E-state index contributed by atoms with van der Waals surface area (Å²) in [4.78, 5) is 34.4. The molecular formula is C26H37N5O3. The van der Waals surface area contributed by atoms with Crippen molar-refractivity contribution in [2.45, 2.75) is 69.6 Å². The number of nitrogens with one attached hydrogen (secondary N) is 1. The van der Waals surface area contributed by atoms with E-state index in [1.807, 2.05) is 12.1 Å². The predicted molar refractivity (Wildman–Crippen MR) is 128 cm³/mol. The van der Waals surface area contributed by atoms with Crippen molar-refractivity contribution >= 4 is 17.6 Å². The first kappa shape index (κ1) is 22.3. The number of amides is 2. The highest BCUT2D eigenvalue weighted by Crippen LogP contribution is 2.55. The molecule has 8 heteroatoms. The molecule has 6 aliphatic rings. The minimum absolute atomic E-state index is 0.102. The molecule has 6 fully saturated rings. The van der Waals surface area contributed by atoms with Crippen LogP contribution in [0, 0.1) is 23.2 Å². The third kappa shape index (κ3) is 3.88. The number of aromatic nitrogens is 1. The van der Waals surface area contributed by atoms with Crippen LogP contribution in [0.1, 0.15) is 62.4 Å². The number of pyridine rings is 1. The average molecular weight is 468 g/mol. The number of nitrogens with two attached hydrogens (primary N) is 1. The number of primary amides is 1. The zero-order valence-electron chi connectivity index (χ0n) is 20.1. The minimum atomic E-state index is -0.495. The number of rotatable bonds is 6. The van der Waals surface area contributed by atoms with Gasteiger partial charge in [-0.15, -0.1) is 0 Å². The summed E-state index contributed by atoms with van der Waals surface area (Å²) in [5.41, 5.74) is 5.28. The van der Waals surface area contributed by atoms with Gasteiger partial charge in [-0.2, -0.15) is 0 Å². The van der Waals surface area contributed by atoms with Crippen LogP contribution in [0.25, 0.3) is 0 Å². The van der Waals surface area contributed by atoms with Gasteiger partial charge in [-0.3, -0.25) is 14.5 Å². The van der Waals surface area contributed by atoms with E-state index < -0.39 is 5.60 Å². The SMILES string of the molecule is C[C@@H]1CN(CC2(C(N)=O)CC2)CCN1c1cccc(C(=O)NC2C3CC4CC2CC(O)(C4)C3)n1. The lowest BCUT2D eigenvalue weighted by Gasteiger charge is -2.58. The second kappa shape index (κ2) is 7.92. The fourth-order valence-corrected chi connectivity index (χ4v) is 7.73. The van der Waals surface area contributed by atoms with Crippen LogP contribution in [-0.4, -0.2) is 70.7 Å². The molecule has 1 aromatic heterocycles. The maximum atomic E-state index is 13.2. The molecule has 5 aliphatic carbocycles. The zero-order valence-corrected chi connectivity index (χ0v) is 20.1. The van der Waals surface area contributed by atoms with Crippen LogP contribution >= 0.6 is 0 Å². The first-order valence-electron chi connectivity index (χ1n) is 13.0. The topological polar surface area (TPSA) is 112 Å². The van der Waals surface area contributed by atoms with Crippen molar-refractivity contribution in [3.8, 4) is 0 Å². The molecule has 1 aliphatic heterocycles. The number of anilines is 1. The number of hydrogen-bond donors (Lipinski definition) is 3. The molecule has 1 saturated heterocycles. The second-order valence-corrected chi connectivity index (χ2v) is 12.0. The lowest BCUT2D eigenvalue weighted by atomic mass is 9.52. The van der Waals surface area contributed by atoms with Gasteiger partial charge in [-0.05, 0) is 81.8 Å². The molecule has 7 rings (SSSR count). The number of hydrogen-bond acceptors (Lipinski definition) is 6. The molecule has 3 atom stereocenters. The van der Waals surface area contributed by atoms with Gasteiger partial charge in [-0.25, -0.2) is 4.98 Å². The standard InChI is InChI=1S/C26H37N5O3/c1-16-14-30(15-25(5-6-25)24(27)33)7-8-31(16)21-4-2-3-20(28-21)23(32)29-22-18-9-17-10-19(22)13-26(34,11-17)12-18/h2-4,16-19,22,34H,5-15H2,1H3,(H2,27,33)(H,29,32)/t16-,17?,18?,19?,22?,26?/m1/s1. The van der Waals surface area contributed by atoms with Gasteiger partial charge in [0.2, 0.25) is 5.91 Å². The van der Waals surface area contributed by atoms with Crippen LogP contribution in [0.4, 0.5) is 5.82 Å². The van der Waals surface area contributed by atoms with E-state index in [1.165, 1.54) is 0 Å². The Hall–Kier alpha value is -2.19. The molecule has 4 bridgehead atoms. The van der Waals surface area contributed by atoms with Gasteiger partial charge in [-0.1, -0.05) is 6.07 Å². The van der Waals surface area contributed by atoms with E-state index in [-0.39, 0.29) is 29.3 Å². The molecule has 2 unspecified atom stereocenters. The highest BCUT2D eigenvalue weighted by molar-refractivity contribution is 5.93. The number of carbonyl (C=O) groups is 2. The number of piperazine rings is 1. The minimum Gasteiger partial charge on any atom is -0.390 e. The molecule has 5 saturated carbocycles. The molecular weight excluding hydrogens is 430 g/mol. The van der Waals surface area contributed by atoms with Crippen molar-refractivity contribution in [2.75, 3.05) is 31.1 Å². The molecule has 8 nitrogen and oxygen atoms in total. The quantitative estimate of drug-likeness (QED) is 0.585. The summed E-state index contributed by atoms with van der Waals surface area (Å²) in [5, 5.41) is 14.1. The van der Waals surface area contributed by atoms with E-state index >= 15 is 0 Å². The maximum Gasteiger partial charge on any atom is 0.270 e. The van der Waals surface area contributed by atoms with Gasteiger partial charge in [0.25, 0.3) is 5.91 Å². The van der Waals surface area contributed by atoms with Crippen molar-refractivity contribution < 1.29 is 14.7 Å². The zero-order chi connectivity index (χ0) is 23.7. The number of aliphatic hydroxyl groups is 1. The normalized spacial score (nSPS) is 38.1. The summed E-state index contributed by atoms with van der Waals surface area (Å²) in [7, 11) is 0. The van der Waals surface area contributed by atoms with Gasteiger partial charge in [0.05, 0.1) is 11.0 Å². The van der Waals surface area contributed by atoms with Crippen molar-refractivity contribution in [3.63, 3.8) is 0 Å². The van der Waals surface area contributed by atoms with Gasteiger partial charge < -0.3 is 21.1 Å². The Bertz CT molecular complexity index is 978. The lowest BCUT2D eigenvalue weighted by molar-refractivity contribution is -0.137. The second-order valence-electron chi connectivity index (χ2n) is 12.0. The van der Waals surface area contributed by atoms with Crippen LogP contribution in [0.2, 0.25) is 0 Å². The predicted octanol–water partition coefficient (Wildman–Crippen LogP) is 1.53. The Balaban J connectivity index is 1.10. The summed E-state index contributed by atoms with van der Waals surface area (Å²) in [5.74, 6) is 1.94. The molecule has 184 valence electrons. The molecule has 34 heavy (non-hydrogen) atoms. The first-order valence-corrected chi connectivity index (χ1v) is 13.0. The van der Waals surface area contributed by atoms with Crippen LogP contribution in [-0.2, 0) is 4.79 Å². The average Bonchev–Trinajstić information content (AvgIpc) is 3.56. The first-order chi connectivity index (χ1) is 16.2. The fraction of sp³-hybridized carbons (Fsp3) is 0.731. The molecule has 0 spiro atoms. The Morgan fingerprint density at radius 1 is 1.18 bits per heavy atom. The molecule has 1 aromatic rings. The summed E-state index contributed by atoms with van der Waals surface area (Å²) in [6.07, 6.45) is 6.62.